The van der Waals surface area contributed by atoms with Crippen LogP contribution in [0.3, 0.4) is 0 Å². The van der Waals surface area contributed by atoms with Crippen molar-refractivity contribution in [2.45, 2.75) is 26.7 Å². The molecule has 2 N–H and O–H groups in total. The van der Waals surface area contributed by atoms with Gasteiger partial charge in [0.05, 0.1) is 17.1 Å². The van der Waals surface area contributed by atoms with E-state index >= 15 is 4.39 Å². The Morgan fingerprint density at radius 2 is 1.68 bits per heavy atom. The average Bonchev–Trinajstić information content (AvgIpc) is 3.36. The number of aryl methyl sites for hydroxylation is 1. The average molecular weight is 513 g/mol. The number of H-pyrrole nitrogens is 1. The molecule has 1 saturated heterocycles. The molecular weight excluding hydrogens is 479 g/mol. The van der Waals surface area contributed by atoms with Crippen LogP contribution in [0.4, 0.5) is 14.9 Å². The number of hydrogen-bond acceptors (Lipinski definition) is 4. The van der Waals surface area contributed by atoms with E-state index < -0.39 is 0 Å². The minimum Gasteiger partial charge on any atom is -0.340 e. The highest BCUT2D eigenvalue weighted by molar-refractivity contribution is 5.90. The zero-order valence-electron chi connectivity index (χ0n) is 22.3. The molecular formula is C30H33FN6O. The standard InChI is InChI=1S/C30H33FN6O/c1-19(2)29-34-27(28(35-29)26-7-5-6-20(3)32-26)22-10-13-25(31)24(18-22)21-8-11-23(12-9-21)33-30(38)37-16-14-36(4)15-17-37/h5-13,18-19H,14-17H2,1-4H3,(H,33,38)(H,34,35). The lowest BCUT2D eigenvalue weighted by Crippen LogP contribution is -2.48. The van der Waals surface area contributed by atoms with Crippen LogP contribution in [0.15, 0.2) is 60.7 Å². The molecule has 2 aromatic heterocycles. The summed E-state index contributed by atoms with van der Waals surface area (Å²) < 4.78 is 15.0. The third-order valence-electron chi connectivity index (χ3n) is 6.89. The van der Waals surface area contributed by atoms with Crippen LogP contribution in [0.2, 0.25) is 0 Å². The lowest BCUT2D eigenvalue weighted by molar-refractivity contribution is 0.164. The summed E-state index contributed by atoms with van der Waals surface area (Å²) in [6.07, 6.45) is 0. The fourth-order valence-electron chi connectivity index (χ4n) is 4.58. The number of hydrogen-bond donors (Lipinski definition) is 2. The van der Waals surface area contributed by atoms with Gasteiger partial charge in [0, 0.05) is 54.6 Å². The van der Waals surface area contributed by atoms with Gasteiger partial charge in [0.15, 0.2) is 0 Å². The highest BCUT2D eigenvalue weighted by Gasteiger charge is 2.20. The van der Waals surface area contributed by atoms with Crippen molar-refractivity contribution in [3.05, 3.63) is 78.0 Å². The molecule has 2 aromatic carbocycles. The van der Waals surface area contributed by atoms with Crippen LogP contribution >= 0.6 is 0 Å². The van der Waals surface area contributed by atoms with Crippen molar-refractivity contribution in [2.75, 3.05) is 38.5 Å². The van der Waals surface area contributed by atoms with Crippen molar-refractivity contribution in [3.63, 3.8) is 0 Å². The smallest absolute Gasteiger partial charge is 0.321 e. The Morgan fingerprint density at radius 3 is 2.37 bits per heavy atom. The van der Waals surface area contributed by atoms with E-state index in [1.807, 2.05) is 60.4 Å². The molecule has 0 radical (unpaired) electrons. The fourth-order valence-corrected chi connectivity index (χ4v) is 4.58. The highest BCUT2D eigenvalue weighted by Crippen LogP contribution is 2.34. The maximum atomic E-state index is 15.0. The summed E-state index contributed by atoms with van der Waals surface area (Å²) in [5.74, 6) is 0.725. The van der Waals surface area contributed by atoms with Crippen molar-refractivity contribution in [2.24, 2.45) is 0 Å². The molecule has 8 heteroatoms. The summed E-state index contributed by atoms with van der Waals surface area (Å²) in [6, 6.07) is 18.1. The molecule has 38 heavy (non-hydrogen) atoms. The second-order valence-corrected chi connectivity index (χ2v) is 10.2. The Balaban J connectivity index is 1.43. The SMILES string of the molecule is Cc1cccc(-c2[nH]c(C(C)C)nc2-c2ccc(F)c(-c3ccc(NC(=O)N4CCN(C)CC4)cc3)c2)n1. The van der Waals surface area contributed by atoms with Gasteiger partial charge < -0.3 is 20.1 Å². The first-order valence-corrected chi connectivity index (χ1v) is 13.0. The number of benzene rings is 2. The molecule has 196 valence electrons. The second-order valence-electron chi connectivity index (χ2n) is 10.2. The van der Waals surface area contributed by atoms with Crippen molar-refractivity contribution in [1.29, 1.82) is 0 Å². The minimum atomic E-state index is -0.321. The molecule has 0 aliphatic carbocycles. The van der Waals surface area contributed by atoms with Gasteiger partial charge in [-0.1, -0.05) is 32.0 Å². The molecule has 4 aromatic rings. The van der Waals surface area contributed by atoms with Crippen molar-refractivity contribution in [3.8, 4) is 33.8 Å². The van der Waals surface area contributed by atoms with E-state index in [0.717, 1.165) is 52.8 Å². The molecule has 0 saturated carbocycles. The van der Waals surface area contributed by atoms with Gasteiger partial charge >= 0.3 is 6.03 Å². The first-order valence-electron chi connectivity index (χ1n) is 13.0. The molecule has 1 fully saturated rings. The lowest BCUT2D eigenvalue weighted by atomic mass is 9.99. The monoisotopic (exact) mass is 512 g/mol. The lowest BCUT2D eigenvalue weighted by Gasteiger charge is -2.32. The van der Waals surface area contributed by atoms with Gasteiger partial charge in [0.2, 0.25) is 0 Å². The third-order valence-corrected chi connectivity index (χ3v) is 6.89. The van der Waals surface area contributed by atoms with Crippen molar-refractivity contribution < 1.29 is 9.18 Å². The number of pyridine rings is 1. The third kappa shape index (κ3) is 5.45. The van der Waals surface area contributed by atoms with Crippen LogP contribution in [-0.2, 0) is 0 Å². The summed E-state index contributed by atoms with van der Waals surface area (Å²) in [5, 5.41) is 2.95. The van der Waals surface area contributed by atoms with Crippen LogP contribution in [-0.4, -0.2) is 64.0 Å². The Labute approximate surface area is 222 Å². The maximum absolute atomic E-state index is 15.0. The van der Waals surface area contributed by atoms with E-state index in [0.29, 0.717) is 24.3 Å². The van der Waals surface area contributed by atoms with E-state index in [1.54, 1.807) is 6.07 Å². The Kier molecular flexibility index (Phi) is 7.24. The van der Waals surface area contributed by atoms with Gasteiger partial charge in [0.25, 0.3) is 0 Å². The number of amides is 2. The van der Waals surface area contributed by atoms with Gasteiger partial charge in [-0.15, -0.1) is 0 Å². The van der Waals surface area contributed by atoms with Crippen molar-refractivity contribution in [1.82, 2.24) is 24.8 Å². The second kappa shape index (κ2) is 10.8. The van der Waals surface area contributed by atoms with Gasteiger partial charge in [-0.25, -0.2) is 14.2 Å². The number of carbonyl (C=O) groups is 1. The molecule has 0 atom stereocenters. The topological polar surface area (TPSA) is 77.2 Å². The number of nitrogens with zero attached hydrogens (tertiary/aromatic N) is 4. The number of carbonyl (C=O) groups excluding carboxylic acids is 1. The normalized spacial score (nSPS) is 14.2. The molecule has 7 nitrogen and oxygen atoms in total. The fraction of sp³-hybridized carbons (Fsp3) is 0.300. The molecule has 2 amide bonds. The zero-order chi connectivity index (χ0) is 26.8. The number of aromatic nitrogens is 3. The van der Waals surface area contributed by atoms with E-state index in [-0.39, 0.29) is 17.8 Å². The van der Waals surface area contributed by atoms with Gasteiger partial charge in [0.1, 0.15) is 11.6 Å². The number of rotatable bonds is 5. The number of nitrogens with one attached hydrogen (secondary N) is 2. The van der Waals surface area contributed by atoms with Gasteiger partial charge in [-0.2, -0.15) is 0 Å². The molecule has 0 bridgehead atoms. The Morgan fingerprint density at radius 1 is 0.974 bits per heavy atom. The zero-order valence-corrected chi connectivity index (χ0v) is 22.3. The van der Waals surface area contributed by atoms with E-state index in [1.165, 1.54) is 6.07 Å². The summed E-state index contributed by atoms with van der Waals surface area (Å²) in [4.78, 5) is 29.6. The highest BCUT2D eigenvalue weighted by atomic mass is 19.1. The Bertz CT molecular complexity index is 1440. The number of urea groups is 1. The quantitative estimate of drug-likeness (QED) is 0.336. The molecule has 3 heterocycles. The molecule has 1 aliphatic heterocycles. The minimum absolute atomic E-state index is 0.115. The predicted octanol–water partition coefficient (Wildman–Crippen LogP) is 6.16. The largest absolute Gasteiger partial charge is 0.340 e. The van der Waals surface area contributed by atoms with Crippen LogP contribution in [0.25, 0.3) is 33.8 Å². The first-order chi connectivity index (χ1) is 18.3. The number of anilines is 1. The predicted molar refractivity (Wildman–Crippen MR) is 150 cm³/mol. The van der Waals surface area contributed by atoms with Crippen LogP contribution < -0.4 is 5.32 Å². The summed E-state index contributed by atoms with van der Waals surface area (Å²) >= 11 is 0. The van der Waals surface area contributed by atoms with Crippen LogP contribution in [0.1, 0.15) is 31.3 Å². The van der Waals surface area contributed by atoms with E-state index in [4.69, 9.17) is 4.98 Å². The molecule has 1 aliphatic rings. The summed E-state index contributed by atoms with van der Waals surface area (Å²) in [5.41, 5.74) is 5.93. The molecule has 5 rings (SSSR count). The van der Waals surface area contributed by atoms with Crippen molar-refractivity contribution >= 4 is 11.7 Å². The van der Waals surface area contributed by atoms with E-state index in [2.05, 4.69) is 41.1 Å². The molecule has 0 spiro atoms. The maximum Gasteiger partial charge on any atom is 0.321 e. The van der Waals surface area contributed by atoms with Crippen LogP contribution in [0, 0.1) is 12.7 Å². The van der Waals surface area contributed by atoms with Crippen LogP contribution in [0.5, 0.6) is 0 Å². The van der Waals surface area contributed by atoms with Gasteiger partial charge in [-0.3, -0.25) is 4.98 Å². The Hall–Kier alpha value is -4.04. The number of halogens is 1. The number of piperazine rings is 1. The summed E-state index contributed by atoms with van der Waals surface area (Å²) in [7, 11) is 2.05. The summed E-state index contributed by atoms with van der Waals surface area (Å²) in [6.45, 7) is 9.23. The number of imidazole rings is 1. The number of aromatic amines is 1. The number of likely N-dealkylation sites (N-methyl/N-ethyl adjacent to an activating group) is 1. The van der Waals surface area contributed by atoms with Gasteiger partial charge in [-0.05, 0) is 62.0 Å². The first kappa shape index (κ1) is 25.6. The molecule has 0 unspecified atom stereocenters. The van der Waals surface area contributed by atoms with E-state index in [9.17, 15) is 4.79 Å².